The number of nitro groups is 1. The number of para-hydroxylation sites is 1. The van der Waals surface area contributed by atoms with Crippen molar-refractivity contribution in [3.8, 4) is 5.75 Å². The molecule has 0 amide bonds. The number of hydrogen-bond acceptors (Lipinski definition) is 5. The van der Waals surface area contributed by atoms with Crippen LogP contribution in [0.25, 0.3) is 0 Å². The lowest BCUT2D eigenvalue weighted by Crippen LogP contribution is -2.42. The third-order valence-corrected chi connectivity index (χ3v) is 4.44. The van der Waals surface area contributed by atoms with Crippen molar-refractivity contribution in [1.29, 1.82) is 0 Å². The molecule has 2 aromatic rings. The molecule has 0 spiro atoms. The summed E-state index contributed by atoms with van der Waals surface area (Å²) in [5.41, 5.74) is 2.07. The number of non-ortho nitro benzene ring substituents is 1. The van der Waals surface area contributed by atoms with E-state index in [0.717, 1.165) is 23.3 Å². The highest BCUT2D eigenvalue weighted by atomic mass is 16.6. The number of ether oxygens (including phenoxy) is 2. The SMILES string of the molecule is COCCNC(=NCc1ccc([N+](=O)[O-])cc1)NC1CCOc2ccccc21. The first-order valence-corrected chi connectivity index (χ1v) is 9.16. The quantitative estimate of drug-likeness (QED) is 0.250. The Labute approximate surface area is 163 Å². The standard InChI is InChI=1S/C20H24N4O4/c1-27-13-11-21-20(22-14-15-6-8-16(9-7-15)24(25)26)23-18-10-12-28-19-5-3-2-4-17(18)19/h2-9,18H,10-14H2,1H3,(H2,21,22,23). The predicted molar refractivity (Wildman–Crippen MR) is 107 cm³/mol. The number of aliphatic imine (C=N–C) groups is 1. The number of nitrogens with one attached hydrogen (secondary N) is 2. The summed E-state index contributed by atoms with van der Waals surface area (Å²) < 4.78 is 10.8. The molecule has 8 nitrogen and oxygen atoms in total. The van der Waals surface area contributed by atoms with Crippen LogP contribution in [0.4, 0.5) is 5.69 Å². The van der Waals surface area contributed by atoms with E-state index < -0.39 is 4.92 Å². The largest absolute Gasteiger partial charge is 0.493 e. The molecule has 0 bridgehead atoms. The van der Waals surface area contributed by atoms with E-state index in [1.54, 1.807) is 19.2 Å². The third kappa shape index (κ3) is 5.20. The molecule has 1 atom stereocenters. The highest BCUT2D eigenvalue weighted by Gasteiger charge is 2.21. The summed E-state index contributed by atoms with van der Waals surface area (Å²) in [5.74, 6) is 1.55. The Morgan fingerprint density at radius 3 is 2.82 bits per heavy atom. The van der Waals surface area contributed by atoms with Crippen LogP contribution in [0.15, 0.2) is 53.5 Å². The fraction of sp³-hybridized carbons (Fsp3) is 0.350. The first-order chi connectivity index (χ1) is 13.7. The van der Waals surface area contributed by atoms with Crippen molar-refractivity contribution in [2.75, 3.05) is 26.9 Å². The number of methoxy groups -OCH3 is 1. The van der Waals surface area contributed by atoms with E-state index in [0.29, 0.717) is 32.3 Å². The summed E-state index contributed by atoms with van der Waals surface area (Å²) in [6, 6.07) is 14.5. The van der Waals surface area contributed by atoms with Gasteiger partial charge >= 0.3 is 0 Å². The molecule has 3 rings (SSSR count). The molecule has 0 saturated heterocycles. The molecule has 2 N–H and O–H groups in total. The van der Waals surface area contributed by atoms with Crippen molar-refractivity contribution in [3.63, 3.8) is 0 Å². The second-order valence-electron chi connectivity index (χ2n) is 6.38. The van der Waals surface area contributed by atoms with Crippen LogP contribution < -0.4 is 15.4 Å². The van der Waals surface area contributed by atoms with E-state index >= 15 is 0 Å². The molecule has 0 radical (unpaired) electrons. The van der Waals surface area contributed by atoms with E-state index in [2.05, 4.69) is 21.7 Å². The first-order valence-electron chi connectivity index (χ1n) is 9.16. The number of hydrogen-bond donors (Lipinski definition) is 2. The Kier molecular flexibility index (Phi) is 6.80. The fourth-order valence-corrected chi connectivity index (χ4v) is 2.97. The molecule has 0 saturated carbocycles. The summed E-state index contributed by atoms with van der Waals surface area (Å²) in [6.45, 7) is 2.23. The lowest BCUT2D eigenvalue weighted by Gasteiger charge is -2.28. The van der Waals surface area contributed by atoms with Gasteiger partial charge in [-0.05, 0) is 11.6 Å². The van der Waals surface area contributed by atoms with Crippen molar-refractivity contribution >= 4 is 11.6 Å². The monoisotopic (exact) mass is 384 g/mol. The van der Waals surface area contributed by atoms with Crippen LogP contribution in [0.1, 0.15) is 23.6 Å². The van der Waals surface area contributed by atoms with Crippen LogP contribution in [0.2, 0.25) is 0 Å². The molecule has 1 heterocycles. The van der Waals surface area contributed by atoms with Gasteiger partial charge in [-0.15, -0.1) is 0 Å². The van der Waals surface area contributed by atoms with Crippen molar-refractivity contribution in [1.82, 2.24) is 10.6 Å². The van der Waals surface area contributed by atoms with Crippen LogP contribution in [0, 0.1) is 10.1 Å². The van der Waals surface area contributed by atoms with Gasteiger partial charge in [0.25, 0.3) is 5.69 Å². The first kappa shape index (κ1) is 19.6. The van der Waals surface area contributed by atoms with Crippen molar-refractivity contribution in [2.45, 2.75) is 19.0 Å². The van der Waals surface area contributed by atoms with E-state index in [1.807, 2.05) is 18.2 Å². The third-order valence-electron chi connectivity index (χ3n) is 4.44. The molecular weight excluding hydrogens is 360 g/mol. The Hall–Kier alpha value is -3.13. The van der Waals surface area contributed by atoms with Crippen LogP contribution in [0.3, 0.4) is 0 Å². The average Bonchev–Trinajstić information content (AvgIpc) is 2.72. The van der Waals surface area contributed by atoms with Gasteiger partial charge in [0.2, 0.25) is 0 Å². The maximum atomic E-state index is 10.8. The number of fused-ring (bicyclic) bond motifs is 1. The molecule has 0 fully saturated rings. The minimum atomic E-state index is -0.408. The Morgan fingerprint density at radius 2 is 2.07 bits per heavy atom. The molecule has 1 unspecified atom stereocenters. The summed E-state index contributed by atoms with van der Waals surface area (Å²) >= 11 is 0. The number of nitrogens with zero attached hydrogens (tertiary/aromatic N) is 2. The highest BCUT2D eigenvalue weighted by Crippen LogP contribution is 2.31. The average molecular weight is 384 g/mol. The number of nitro benzene ring substituents is 1. The van der Waals surface area contributed by atoms with Crippen LogP contribution in [-0.2, 0) is 11.3 Å². The zero-order chi connectivity index (χ0) is 19.8. The maximum Gasteiger partial charge on any atom is 0.269 e. The Bertz CT molecular complexity index is 823. The second-order valence-corrected chi connectivity index (χ2v) is 6.38. The van der Waals surface area contributed by atoms with Gasteiger partial charge in [0.05, 0.1) is 30.7 Å². The van der Waals surface area contributed by atoms with Crippen molar-refractivity contribution < 1.29 is 14.4 Å². The number of rotatable bonds is 7. The minimum absolute atomic E-state index is 0.0723. The van der Waals surface area contributed by atoms with Crippen molar-refractivity contribution in [2.24, 2.45) is 4.99 Å². The molecule has 1 aliphatic heterocycles. The van der Waals surface area contributed by atoms with Gasteiger partial charge in [0, 0.05) is 37.8 Å². The molecule has 8 heteroatoms. The van der Waals surface area contributed by atoms with E-state index in [1.165, 1.54) is 12.1 Å². The molecule has 148 valence electrons. The van der Waals surface area contributed by atoms with Gasteiger partial charge in [-0.3, -0.25) is 10.1 Å². The molecule has 1 aliphatic rings. The summed E-state index contributed by atoms with van der Waals surface area (Å²) in [7, 11) is 1.65. The molecule has 2 aromatic carbocycles. The fourth-order valence-electron chi connectivity index (χ4n) is 2.97. The predicted octanol–water partition coefficient (Wildman–Crippen LogP) is 2.80. The van der Waals surface area contributed by atoms with Gasteiger partial charge in [-0.25, -0.2) is 4.99 Å². The Balaban J connectivity index is 1.71. The number of benzene rings is 2. The van der Waals surface area contributed by atoms with Crippen LogP contribution in [-0.4, -0.2) is 37.8 Å². The highest BCUT2D eigenvalue weighted by molar-refractivity contribution is 5.80. The zero-order valence-electron chi connectivity index (χ0n) is 15.8. The van der Waals surface area contributed by atoms with E-state index in [-0.39, 0.29) is 11.7 Å². The molecule has 0 aliphatic carbocycles. The molecule has 0 aromatic heterocycles. The maximum absolute atomic E-state index is 10.8. The van der Waals surface area contributed by atoms with Crippen molar-refractivity contribution in [3.05, 3.63) is 69.8 Å². The summed E-state index contributed by atoms with van der Waals surface area (Å²) in [5, 5.41) is 17.5. The van der Waals surface area contributed by atoms with Gasteiger partial charge < -0.3 is 20.1 Å². The second kappa shape index (κ2) is 9.70. The summed E-state index contributed by atoms with van der Waals surface area (Å²) in [6.07, 6.45) is 0.833. The van der Waals surface area contributed by atoms with Gasteiger partial charge in [0.15, 0.2) is 5.96 Å². The van der Waals surface area contributed by atoms with Crippen LogP contribution >= 0.6 is 0 Å². The lowest BCUT2D eigenvalue weighted by atomic mass is 10.0. The minimum Gasteiger partial charge on any atom is -0.493 e. The molecular formula is C20H24N4O4. The van der Waals surface area contributed by atoms with Gasteiger partial charge in [0.1, 0.15) is 5.75 Å². The van der Waals surface area contributed by atoms with Gasteiger partial charge in [-0.1, -0.05) is 30.3 Å². The van der Waals surface area contributed by atoms with E-state index in [4.69, 9.17) is 9.47 Å². The Morgan fingerprint density at radius 1 is 1.29 bits per heavy atom. The van der Waals surface area contributed by atoms with Crippen LogP contribution in [0.5, 0.6) is 5.75 Å². The normalized spacial score (nSPS) is 16.0. The zero-order valence-corrected chi connectivity index (χ0v) is 15.8. The lowest BCUT2D eigenvalue weighted by molar-refractivity contribution is -0.384. The summed E-state index contributed by atoms with van der Waals surface area (Å²) in [4.78, 5) is 15.0. The topological polar surface area (TPSA) is 98.0 Å². The smallest absolute Gasteiger partial charge is 0.269 e. The molecule has 28 heavy (non-hydrogen) atoms. The van der Waals surface area contributed by atoms with E-state index in [9.17, 15) is 10.1 Å². The number of guanidine groups is 1. The van der Waals surface area contributed by atoms with Gasteiger partial charge in [-0.2, -0.15) is 0 Å².